The van der Waals surface area contributed by atoms with E-state index in [0.717, 1.165) is 12.8 Å². The lowest BCUT2D eigenvalue weighted by atomic mass is 9.72. The van der Waals surface area contributed by atoms with E-state index < -0.39 is 0 Å². The van der Waals surface area contributed by atoms with Gasteiger partial charge < -0.3 is 4.74 Å². The Morgan fingerprint density at radius 3 is 2.19 bits per heavy atom. The van der Waals surface area contributed by atoms with Crippen LogP contribution in [0.25, 0.3) is 0 Å². The fraction of sp³-hybridized carbons (Fsp3) is 0.458. The smallest absolute Gasteiger partial charge is 0.196 e. The van der Waals surface area contributed by atoms with Gasteiger partial charge in [0, 0.05) is 5.56 Å². The standard InChI is InChI=1S/C24H32O2/c1-7-15-26-21-14-13-19(24(5,6)17-23(2,3)4)16-20(21)22(25)18-11-9-8-10-12-18/h8-14,16H,7,15,17H2,1-6H3. The van der Waals surface area contributed by atoms with Crippen LogP contribution in [-0.2, 0) is 5.41 Å². The summed E-state index contributed by atoms with van der Waals surface area (Å²) in [5, 5.41) is 0. The molecule has 0 atom stereocenters. The van der Waals surface area contributed by atoms with Crippen molar-refractivity contribution in [3.8, 4) is 5.75 Å². The summed E-state index contributed by atoms with van der Waals surface area (Å²) in [4.78, 5) is 13.1. The molecule has 2 nitrogen and oxygen atoms in total. The molecular weight excluding hydrogens is 320 g/mol. The van der Waals surface area contributed by atoms with E-state index in [1.165, 1.54) is 5.56 Å². The first-order chi connectivity index (χ1) is 12.1. The van der Waals surface area contributed by atoms with Crippen LogP contribution in [0.2, 0.25) is 0 Å². The molecule has 0 aliphatic carbocycles. The summed E-state index contributed by atoms with van der Waals surface area (Å²) < 4.78 is 5.88. The molecule has 140 valence electrons. The van der Waals surface area contributed by atoms with Crippen molar-refractivity contribution in [2.24, 2.45) is 5.41 Å². The van der Waals surface area contributed by atoms with Gasteiger partial charge in [0.1, 0.15) is 5.75 Å². The Labute approximate surface area is 158 Å². The summed E-state index contributed by atoms with van der Waals surface area (Å²) in [6, 6.07) is 15.5. The first kappa shape index (κ1) is 20.2. The van der Waals surface area contributed by atoms with Crippen molar-refractivity contribution in [3.63, 3.8) is 0 Å². The minimum atomic E-state index is -0.0206. The minimum Gasteiger partial charge on any atom is -0.493 e. The Morgan fingerprint density at radius 2 is 1.62 bits per heavy atom. The van der Waals surface area contributed by atoms with E-state index in [0.29, 0.717) is 23.5 Å². The fourth-order valence-corrected chi connectivity index (χ4v) is 3.64. The predicted octanol–water partition coefficient (Wildman–Crippen LogP) is 6.42. The summed E-state index contributed by atoms with van der Waals surface area (Å²) >= 11 is 0. The molecule has 0 aromatic heterocycles. The van der Waals surface area contributed by atoms with Gasteiger partial charge in [0.2, 0.25) is 0 Å². The van der Waals surface area contributed by atoms with Gasteiger partial charge in [-0.25, -0.2) is 0 Å². The van der Waals surface area contributed by atoms with Crippen molar-refractivity contribution in [1.29, 1.82) is 0 Å². The Balaban J connectivity index is 2.47. The number of hydrogen-bond donors (Lipinski definition) is 0. The summed E-state index contributed by atoms with van der Waals surface area (Å²) in [5.41, 5.74) is 2.72. The number of rotatable bonds is 7. The van der Waals surface area contributed by atoms with E-state index in [1.54, 1.807) is 0 Å². The van der Waals surface area contributed by atoms with Gasteiger partial charge in [-0.3, -0.25) is 4.79 Å². The van der Waals surface area contributed by atoms with Gasteiger partial charge >= 0.3 is 0 Å². The van der Waals surface area contributed by atoms with Gasteiger partial charge in [-0.1, -0.05) is 77.9 Å². The maximum absolute atomic E-state index is 13.1. The Hall–Kier alpha value is -2.09. The van der Waals surface area contributed by atoms with Gasteiger partial charge in [-0.15, -0.1) is 0 Å². The van der Waals surface area contributed by atoms with Crippen LogP contribution in [0.3, 0.4) is 0 Å². The lowest BCUT2D eigenvalue weighted by Gasteiger charge is -2.33. The van der Waals surface area contributed by atoms with Crippen molar-refractivity contribution in [2.75, 3.05) is 6.61 Å². The summed E-state index contributed by atoms with van der Waals surface area (Å²) in [7, 11) is 0. The topological polar surface area (TPSA) is 26.3 Å². The van der Waals surface area contributed by atoms with Gasteiger partial charge in [-0.05, 0) is 41.4 Å². The fourth-order valence-electron chi connectivity index (χ4n) is 3.64. The normalized spacial score (nSPS) is 12.1. The zero-order valence-electron chi connectivity index (χ0n) is 17.1. The molecule has 2 rings (SSSR count). The molecule has 0 bridgehead atoms. The van der Waals surface area contributed by atoms with Crippen LogP contribution in [0.1, 0.15) is 75.9 Å². The zero-order chi connectivity index (χ0) is 19.4. The molecule has 2 heteroatoms. The monoisotopic (exact) mass is 352 g/mol. The van der Waals surface area contributed by atoms with E-state index in [2.05, 4.69) is 47.6 Å². The lowest BCUT2D eigenvalue weighted by Crippen LogP contribution is -2.25. The van der Waals surface area contributed by atoms with Crippen LogP contribution in [0, 0.1) is 5.41 Å². The number of hydrogen-bond acceptors (Lipinski definition) is 2. The lowest BCUT2D eigenvalue weighted by molar-refractivity contribution is 0.103. The summed E-state index contributed by atoms with van der Waals surface area (Å²) in [6.45, 7) is 13.9. The van der Waals surface area contributed by atoms with Crippen LogP contribution in [-0.4, -0.2) is 12.4 Å². The van der Waals surface area contributed by atoms with Crippen molar-refractivity contribution < 1.29 is 9.53 Å². The number of carbonyl (C=O) groups excluding carboxylic acids is 1. The Kier molecular flexibility index (Phi) is 6.28. The largest absolute Gasteiger partial charge is 0.493 e. The molecule has 0 unspecified atom stereocenters. The second kappa shape index (κ2) is 8.07. The van der Waals surface area contributed by atoms with Crippen LogP contribution in [0.4, 0.5) is 0 Å². The molecule has 0 aliphatic heterocycles. The predicted molar refractivity (Wildman–Crippen MR) is 109 cm³/mol. The van der Waals surface area contributed by atoms with Gasteiger partial charge in [-0.2, -0.15) is 0 Å². The minimum absolute atomic E-state index is 0.0186. The third kappa shape index (κ3) is 5.20. The van der Waals surface area contributed by atoms with Gasteiger partial charge in [0.25, 0.3) is 0 Å². The highest BCUT2D eigenvalue weighted by molar-refractivity contribution is 6.10. The Bertz CT molecular complexity index is 737. The highest BCUT2D eigenvalue weighted by Gasteiger charge is 2.28. The maximum Gasteiger partial charge on any atom is 0.196 e. The van der Waals surface area contributed by atoms with Gasteiger partial charge in [0.05, 0.1) is 12.2 Å². The van der Waals surface area contributed by atoms with Crippen LogP contribution in [0.5, 0.6) is 5.75 Å². The summed E-state index contributed by atoms with van der Waals surface area (Å²) in [5.74, 6) is 0.695. The molecular formula is C24H32O2. The molecule has 0 heterocycles. The van der Waals surface area contributed by atoms with Gasteiger partial charge in [0.15, 0.2) is 5.78 Å². The van der Waals surface area contributed by atoms with Crippen molar-refractivity contribution in [2.45, 2.75) is 59.8 Å². The highest BCUT2D eigenvalue weighted by Crippen LogP contribution is 2.38. The third-order valence-corrected chi connectivity index (χ3v) is 4.48. The van der Waals surface area contributed by atoms with E-state index >= 15 is 0 Å². The first-order valence-electron chi connectivity index (χ1n) is 9.51. The average Bonchev–Trinajstić information content (AvgIpc) is 2.58. The van der Waals surface area contributed by atoms with E-state index in [-0.39, 0.29) is 16.6 Å². The summed E-state index contributed by atoms with van der Waals surface area (Å²) in [6.07, 6.45) is 1.95. The van der Waals surface area contributed by atoms with E-state index in [9.17, 15) is 4.79 Å². The molecule has 0 aliphatic rings. The maximum atomic E-state index is 13.1. The third-order valence-electron chi connectivity index (χ3n) is 4.48. The number of benzene rings is 2. The number of ketones is 1. The van der Waals surface area contributed by atoms with Crippen LogP contribution >= 0.6 is 0 Å². The van der Waals surface area contributed by atoms with E-state index in [4.69, 9.17) is 4.74 Å². The molecule has 2 aromatic rings. The van der Waals surface area contributed by atoms with Crippen molar-refractivity contribution in [3.05, 3.63) is 65.2 Å². The van der Waals surface area contributed by atoms with Crippen molar-refractivity contribution >= 4 is 5.78 Å². The molecule has 0 spiro atoms. The molecule has 26 heavy (non-hydrogen) atoms. The van der Waals surface area contributed by atoms with E-state index in [1.807, 2.05) is 42.5 Å². The molecule has 0 N–H and O–H groups in total. The molecule has 0 fully saturated rings. The molecule has 0 saturated heterocycles. The second-order valence-electron chi connectivity index (χ2n) is 8.88. The number of carbonyl (C=O) groups is 1. The first-order valence-corrected chi connectivity index (χ1v) is 9.51. The van der Waals surface area contributed by atoms with Crippen LogP contribution < -0.4 is 4.74 Å². The number of ether oxygens (including phenoxy) is 1. The SMILES string of the molecule is CCCOc1ccc(C(C)(C)CC(C)(C)C)cc1C(=O)c1ccccc1. The average molecular weight is 353 g/mol. The second-order valence-corrected chi connectivity index (χ2v) is 8.88. The Morgan fingerprint density at radius 1 is 0.962 bits per heavy atom. The quantitative estimate of drug-likeness (QED) is 0.537. The zero-order valence-corrected chi connectivity index (χ0v) is 17.1. The highest BCUT2D eigenvalue weighted by atomic mass is 16.5. The molecule has 0 radical (unpaired) electrons. The molecule has 0 amide bonds. The van der Waals surface area contributed by atoms with Crippen LogP contribution in [0.15, 0.2) is 48.5 Å². The molecule has 0 saturated carbocycles. The molecule has 2 aromatic carbocycles. The van der Waals surface area contributed by atoms with Crippen molar-refractivity contribution in [1.82, 2.24) is 0 Å².